The Hall–Kier alpha value is -0.160. The van der Waals surface area contributed by atoms with E-state index in [1.54, 1.807) is 0 Å². The van der Waals surface area contributed by atoms with E-state index in [-0.39, 0.29) is 6.29 Å². The number of hydrogen-bond donors (Lipinski definition) is 1. The lowest BCUT2D eigenvalue weighted by Crippen LogP contribution is -2.48. The third-order valence-corrected chi connectivity index (χ3v) is 2.62. The van der Waals surface area contributed by atoms with Crippen LogP contribution < -0.4 is 5.32 Å². The SMILES string of the molecule is C1CCC(OCCOC2CNC2)OC1. The molecule has 1 N–H and O–H groups in total. The van der Waals surface area contributed by atoms with E-state index in [2.05, 4.69) is 5.32 Å². The Labute approximate surface area is 84.9 Å². The van der Waals surface area contributed by atoms with Crippen molar-refractivity contribution in [2.75, 3.05) is 32.9 Å². The first kappa shape index (κ1) is 10.4. The van der Waals surface area contributed by atoms with Crippen LogP contribution in [0.1, 0.15) is 19.3 Å². The zero-order valence-electron chi connectivity index (χ0n) is 8.54. The Morgan fingerprint density at radius 1 is 1.14 bits per heavy atom. The van der Waals surface area contributed by atoms with Crippen molar-refractivity contribution in [1.82, 2.24) is 5.32 Å². The molecule has 0 bridgehead atoms. The third-order valence-electron chi connectivity index (χ3n) is 2.62. The van der Waals surface area contributed by atoms with E-state index in [0.717, 1.165) is 26.1 Å². The predicted molar refractivity (Wildman–Crippen MR) is 52.2 cm³/mol. The molecular formula is C10H19NO3. The Bertz CT molecular complexity index is 155. The number of hydrogen-bond acceptors (Lipinski definition) is 4. The lowest BCUT2D eigenvalue weighted by molar-refractivity contribution is -0.172. The molecule has 82 valence electrons. The second-order valence-electron chi connectivity index (χ2n) is 3.82. The van der Waals surface area contributed by atoms with Gasteiger partial charge in [0.05, 0.1) is 19.3 Å². The van der Waals surface area contributed by atoms with Crippen LogP contribution in [0.5, 0.6) is 0 Å². The van der Waals surface area contributed by atoms with Crippen LogP contribution in [0, 0.1) is 0 Å². The van der Waals surface area contributed by atoms with E-state index in [1.165, 1.54) is 12.8 Å². The van der Waals surface area contributed by atoms with Crippen molar-refractivity contribution in [3.05, 3.63) is 0 Å². The molecule has 2 rings (SSSR count). The maximum atomic E-state index is 5.53. The molecule has 1 unspecified atom stereocenters. The average Bonchev–Trinajstić information content (AvgIpc) is 2.16. The minimum Gasteiger partial charge on any atom is -0.373 e. The molecule has 0 aliphatic carbocycles. The summed E-state index contributed by atoms with van der Waals surface area (Å²) in [7, 11) is 0. The van der Waals surface area contributed by atoms with Crippen molar-refractivity contribution in [1.29, 1.82) is 0 Å². The van der Waals surface area contributed by atoms with Gasteiger partial charge in [-0.3, -0.25) is 0 Å². The second-order valence-corrected chi connectivity index (χ2v) is 3.82. The van der Waals surface area contributed by atoms with Gasteiger partial charge in [0.1, 0.15) is 0 Å². The second kappa shape index (κ2) is 5.66. The van der Waals surface area contributed by atoms with Gasteiger partial charge in [-0.1, -0.05) is 0 Å². The van der Waals surface area contributed by atoms with Gasteiger partial charge in [-0.2, -0.15) is 0 Å². The third kappa shape index (κ3) is 3.20. The minimum absolute atomic E-state index is 0.0202. The van der Waals surface area contributed by atoms with Gasteiger partial charge in [-0.15, -0.1) is 0 Å². The zero-order valence-corrected chi connectivity index (χ0v) is 8.54. The van der Waals surface area contributed by atoms with Gasteiger partial charge in [-0.05, 0) is 19.3 Å². The highest BCUT2D eigenvalue weighted by atomic mass is 16.7. The van der Waals surface area contributed by atoms with Crippen molar-refractivity contribution < 1.29 is 14.2 Å². The summed E-state index contributed by atoms with van der Waals surface area (Å²) in [6, 6.07) is 0. The quantitative estimate of drug-likeness (QED) is 0.658. The molecular weight excluding hydrogens is 182 g/mol. The summed E-state index contributed by atoms with van der Waals surface area (Å²) >= 11 is 0. The van der Waals surface area contributed by atoms with E-state index in [1.807, 2.05) is 0 Å². The summed E-state index contributed by atoms with van der Waals surface area (Å²) < 4.78 is 16.5. The predicted octanol–water partition coefficient (Wildman–Crippen LogP) is 0.518. The van der Waals surface area contributed by atoms with Gasteiger partial charge in [0, 0.05) is 19.7 Å². The maximum absolute atomic E-state index is 5.53. The van der Waals surface area contributed by atoms with E-state index >= 15 is 0 Å². The van der Waals surface area contributed by atoms with E-state index in [0.29, 0.717) is 19.3 Å². The molecule has 0 saturated carbocycles. The molecule has 2 fully saturated rings. The van der Waals surface area contributed by atoms with Gasteiger partial charge >= 0.3 is 0 Å². The molecule has 2 saturated heterocycles. The Balaban J connectivity index is 1.45. The summed E-state index contributed by atoms with van der Waals surface area (Å²) in [5, 5.41) is 3.16. The molecule has 0 aromatic rings. The fourth-order valence-corrected chi connectivity index (χ4v) is 1.62. The number of rotatable bonds is 5. The van der Waals surface area contributed by atoms with Crippen LogP contribution in [0.4, 0.5) is 0 Å². The van der Waals surface area contributed by atoms with Gasteiger partial charge < -0.3 is 19.5 Å². The molecule has 14 heavy (non-hydrogen) atoms. The fraction of sp³-hybridized carbons (Fsp3) is 1.00. The highest BCUT2D eigenvalue weighted by molar-refractivity contribution is 4.74. The lowest BCUT2D eigenvalue weighted by Gasteiger charge is -2.28. The molecule has 0 amide bonds. The first-order chi connectivity index (χ1) is 6.95. The van der Waals surface area contributed by atoms with Crippen molar-refractivity contribution in [2.24, 2.45) is 0 Å². The van der Waals surface area contributed by atoms with E-state index in [9.17, 15) is 0 Å². The normalized spacial score (nSPS) is 28.7. The van der Waals surface area contributed by atoms with Crippen molar-refractivity contribution in [3.8, 4) is 0 Å². The maximum Gasteiger partial charge on any atom is 0.157 e. The molecule has 2 aliphatic heterocycles. The van der Waals surface area contributed by atoms with Crippen LogP contribution >= 0.6 is 0 Å². The molecule has 2 heterocycles. The monoisotopic (exact) mass is 201 g/mol. The molecule has 0 aromatic heterocycles. The van der Waals surface area contributed by atoms with Gasteiger partial charge in [0.15, 0.2) is 6.29 Å². The van der Waals surface area contributed by atoms with Crippen LogP contribution in [0.3, 0.4) is 0 Å². The van der Waals surface area contributed by atoms with Crippen LogP contribution in [0.25, 0.3) is 0 Å². The first-order valence-corrected chi connectivity index (χ1v) is 5.50. The van der Waals surface area contributed by atoms with Crippen LogP contribution in [0.15, 0.2) is 0 Å². The molecule has 0 aromatic carbocycles. The average molecular weight is 201 g/mol. The minimum atomic E-state index is 0.0202. The van der Waals surface area contributed by atoms with Gasteiger partial charge in [-0.25, -0.2) is 0 Å². The van der Waals surface area contributed by atoms with Gasteiger partial charge in [0.25, 0.3) is 0 Å². The highest BCUT2D eigenvalue weighted by Crippen LogP contribution is 2.13. The smallest absolute Gasteiger partial charge is 0.157 e. The number of nitrogens with one attached hydrogen (secondary N) is 1. The van der Waals surface area contributed by atoms with Crippen molar-refractivity contribution >= 4 is 0 Å². The Morgan fingerprint density at radius 3 is 2.64 bits per heavy atom. The molecule has 4 nitrogen and oxygen atoms in total. The molecule has 4 heteroatoms. The molecule has 0 radical (unpaired) electrons. The first-order valence-electron chi connectivity index (χ1n) is 5.50. The standard InChI is InChI=1S/C10H19NO3/c1-2-4-13-10(3-1)14-6-5-12-9-7-11-8-9/h9-11H,1-8H2. The summed E-state index contributed by atoms with van der Waals surface area (Å²) in [5.41, 5.74) is 0. The molecule has 0 spiro atoms. The summed E-state index contributed by atoms with van der Waals surface area (Å²) in [6.07, 6.45) is 3.85. The van der Waals surface area contributed by atoms with E-state index in [4.69, 9.17) is 14.2 Å². The number of ether oxygens (including phenoxy) is 3. The summed E-state index contributed by atoms with van der Waals surface area (Å²) in [4.78, 5) is 0. The summed E-state index contributed by atoms with van der Waals surface area (Å²) in [6.45, 7) is 4.16. The largest absolute Gasteiger partial charge is 0.373 e. The van der Waals surface area contributed by atoms with Crippen LogP contribution in [0.2, 0.25) is 0 Å². The topological polar surface area (TPSA) is 39.7 Å². The fourth-order valence-electron chi connectivity index (χ4n) is 1.62. The van der Waals surface area contributed by atoms with Crippen LogP contribution in [-0.4, -0.2) is 45.3 Å². The zero-order chi connectivity index (χ0) is 9.64. The summed E-state index contributed by atoms with van der Waals surface area (Å²) in [5.74, 6) is 0. The molecule has 2 aliphatic rings. The van der Waals surface area contributed by atoms with E-state index < -0.39 is 0 Å². The Kier molecular flexibility index (Phi) is 4.19. The highest BCUT2D eigenvalue weighted by Gasteiger charge is 2.17. The van der Waals surface area contributed by atoms with Gasteiger partial charge in [0.2, 0.25) is 0 Å². The Morgan fingerprint density at radius 2 is 2.00 bits per heavy atom. The lowest BCUT2D eigenvalue weighted by atomic mass is 10.2. The van der Waals surface area contributed by atoms with Crippen molar-refractivity contribution in [3.63, 3.8) is 0 Å². The van der Waals surface area contributed by atoms with Crippen LogP contribution in [-0.2, 0) is 14.2 Å². The van der Waals surface area contributed by atoms with Crippen molar-refractivity contribution in [2.45, 2.75) is 31.7 Å². The molecule has 1 atom stereocenters.